The Bertz CT molecular complexity index is 590. The van der Waals surface area contributed by atoms with Crippen LogP contribution >= 0.6 is 24.0 Å². The van der Waals surface area contributed by atoms with Gasteiger partial charge in [-0.15, -0.1) is 24.0 Å². The van der Waals surface area contributed by atoms with Crippen LogP contribution < -0.4 is 16.0 Å². The number of amides is 1. The molecular weight excluding hydrogens is 429 g/mol. The van der Waals surface area contributed by atoms with E-state index in [1.165, 1.54) is 12.8 Å². The minimum absolute atomic E-state index is 0. The van der Waals surface area contributed by atoms with E-state index in [2.05, 4.69) is 32.8 Å². The first-order valence-corrected chi connectivity index (χ1v) is 8.72. The number of carbonyl (C=O) groups excluding carboxylic acids is 1. The van der Waals surface area contributed by atoms with Crippen molar-refractivity contribution in [2.75, 3.05) is 32.0 Å². The number of aliphatic imine (C=N–C) groups is 1. The summed E-state index contributed by atoms with van der Waals surface area (Å²) < 4.78 is 0. The number of guanidine groups is 1. The number of para-hydroxylation sites is 1. The van der Waals surface area contributed by atoms with Crippen molar-refractivity contribution in [3.05, 3.63) is 30.3 Å². The lowest BCUT2D eigenvalue weighted by Gasteiger charge is -2.20. The van der Waals surface area contributed by atoms with Crippen LogP contribution in [0.15, 0.2) is 35.3 Å². The molecule has 1 aromatic carbocycles. The molecular formula is C18H28IN5O. The van der Waals surface area contributed by atoms with Crippen molar-refractivity contribution in [1.82, 2.24) is 15.5 Å². The highest BCUT2D eigenvalue weighted by Crippen LogP contribution is 2.31. The van der Waals surface area contributed by atoms with Gasteiger partial charge in [0.1, 0.15) is 0 Å². The highest BCUT2D eigenvalue weighted by Gasteiger charge is 2.38. The number of likely N-dealkylation sites (tertiary alicyclic amines) is 1. The van der Waals surface area contributed by atoms with Crippen molar-refractivity contribution in [3.63, 3.8) is 0 Å². The highest BCUT2D eigenvalue weighted by atomic mass is 127. The molecule has 1 aromatic rings. The summed E-state index contributed by atoms with van der Waals surface area (Å²) >= 11 is 0. The van der Waals surface area contributed by atoms with Gasteiger partial charge in [-0.3, -0.25) is 14.7 Å². The van der Waals surface area contributed by atoms with E-state index in [0.717, 1.165) is 24.8 Å². The zero-order chi connectivity index (χ0) is 16.9. The third-order valence-electron chi connectivity index (χ3n) is 4.72. The summed E-state index contributed by atoms with van der Waals surface area (Å²) in [5, 5.41) is 9.43. The molecule has 6 nitrogen and oxygen atoms in total. The van der Waals surface area contributed by atoms with E-state index >= 15 is 0 Å². The summed E-state index contributed by atoms with van der Waals surface area (Å²) in [4.78, 5) is 18.8. The summed E-state index contributed by atoms with van der Waals surface area (Å²) in [5.41, 5.74) is 0.803. The van der Waals surface area contributed by atoms with Crippen LogP contribution in [0.25, 0.3) is 0 Å². The number of benzene rings is 1. The fourth-order valence-electron chi connectivity index (χ4n) is 3.19. The summed E-state index contributed by atoms with van der Waals surface area (Å²) in [6.07, 6.45) is 2.68. The number of carbonyl (C=O) groups is 1. The Morgan fingerprint density at radius 2 is 1.96 bits per heavy atom. The van der Waals surface area contributed by atoms with Gasteiger partial charge < -0.3 is 16.0 Å². The first-order valence-electron chi connectivity index (χ1n) is 8.72. The molecule has 1 aliphatic carbocycles. The molecule has 1 saturated heterocycles. The summed E-state index contributed by atoms with van der Waals surface area (Å²) in [6, 6.07) is 10.6. The largest absolute Gasteiger partial charge is 0.352 e. The predicted molar refractivity (Wildman–Crippen MR) is 113 cm³/mol. The van der Waals surface area contributed by atoms with E-state index in [1.54, 1.807) is 7.05 Å². The maximum absolute atomic E-state index is 12.0. The molecule has 25 heavy (non-hydrogen) atoms. The lowest BCUT2D eigenvalue weighted by Crippen LogP contribution is -2.48. The van der Waals surface area contributed by atoms with E-state index in [-0.39, 0.29) is 36.4 Å². The molecule has 3 N–H and O–H groups in total. The topological polar surface area (TPSA) is 68.8 Å². The van der Waals surface area contributed by atoms with Gasteiger partial charge in [-0.2, -0.15) is 0 Å². The minimum atomic E-state index is -0.0803. The molecule has 1 saturated carbocycles. The van der Waals surface area contributed by atoms with Crippen LogP contribution in [-0.4, -0.2) is 55.5 Å². The standard InChI is InChI=1S/C18H27N5O.HI/c1-13-11-23(15-8-9-15)12-16(13)22-18(19-2)20-10-17(24)21-14-6-4-3-5-7-14;/h3-7,13,15-16H,8-12H2,1-2H3,(H,21,24)(H2,19,20,22);1H. The van der Waals surface area contributed by atoms with Gasteiger partial charge >= 0.3 is 0 Å². The zero-order valence-electron chi connectivity index (χ0n) is 14.9. The van der Waals surface area contributed by atoms with Crippen molar-refractivity contribution in [1.29, 1.82) is 0 Å². The second-order valence-corrected chi connectivity index (χ2v) is 6.75. The molecule has 2 aliphatic rings. The van der Waals surface area contributed by atoms with Gasteiger partial charge in [0.15, 0.2) is 5.96 Å². The number of anilines is 1. The Hall–Kier alpha value is -1.35. The van der Waals surface area contributed by atoms with Crippen molar-refractivity contribution in [2.24, 2.45) is 10.9 Å². The van der Waals surface area contributed by atoms with E-state index in [9.17, 15) is 4.79 Å². The molecule has 0 radical (unpaired) electrons. The number of halogens is 1. The molecule has 2 atom stereocenters. The second kappa shape index (κ2) is 9.38. The quantitative estimate of drug-likeness (QED) is 0.359. The van der Waals surface area contributed by atoms with Crippen molar-refractivity contribution >= 4 is 41.5 Å². The number of rotatable bonds is 5. The summed E-state index contributed by atoms with van der Waals surface area (Å²) in [6.45, 7) is 4.67. The molecule has 0 bridgehead atoms. The lowest BCUT2D eigenvalue weighted by molar-refractivity contribution is -0.115. The van der Waals surface area contributed by atoms with Gasteiger partial charge in [-0.05, 0) is 30.9 Å². The van der Waals surface area contributed by atoms with Crippen molar-refractivity contribution in [2.45, 2.75) is 31.8 Å². The Labute approximate surface area is 166 Å². The number of nitrogens with zero attached hydrogens (tertiary/aromatic N) is 2. The molecule has 0 spiro atoms. The van der Waals surface area contributed by atoms with Gasteiger partial charge in [0.05, 0.1) is 6.54 Å². The second-order valence-electron chi connectivity index (χ2n) is 6.75. The monoisotopic (exact) mass is 457 g/mol. The maximum atomic E-state index is 12.0. The first kappa shape index (κ1) is 20.0. The molecule has 0 aromatic heterocycles. The van der Waals surface area contributed by atoms with Crippen LogP contribution in [0.1, 0.15) is 19.8 Å². The van der Waals surface area contributed by atoms with E-state index < -0.39 is 0 Å². The van der Waals surface area contributed by atoms with Gasteiger partial charge in [-0.25, -0.2) is 0 Å². The Kier molecular flexibility index (Phi) is 7.49. The smallest absolute Gasteiger partial charge is 0.243 e. The number of nitrogens with one attached hydrogen (secondary N) is 3. The SMILES string of the molecule is CN=C(NCC(=O)Nc1ccccc1)NC1CN(C2CC2)CC1C.I. The maximum Gasteiger partial charge on any atom is 0.243 e. The number of hydrogen-bond donors (Lipinski definition) is 3. The average Bonchev–Trinajstić information content (AvgIpc) is 3.37. The van der Waals surface area contributed by atoms with Crippen molar-refractivity contribution < 1.29 is 4.79 Å². The van der Waals surface area contributed by atoms with Crippen LogP contribution in [0.4, 0.5) is 5.69 Å². The average molecular weight is 457 g/mol. The van der Waals surface area contributed by atoms with Crippen molar-refractivity contribution in [3.8, 4) is 0 Å². The van der Waals surface area contributed by atoms with Gasteiger partial charge in [0.25, 0.3) is 0 Å². The lowest BCUT2D eigenvalue weighted by atomic mass is 10.1. The molecule has 1 heterocycles. The Balaban J connectivity index is 0.00000225. The third-order valence-corrected chi connectivity index (χ3v) is 4.72. The Morgan fingerprint density at radius 1 is 1.24 bits per heavy atom. The third kappa shape index (κ3) is 5.85. The van der Waals surface area contributed by atoms with E-state index in [4.69, 9.17) is 0 Å². The number of hydrogen-bond acceptors (Lipinski definition) is 3. The predicted octanol–water partition coefficient (Wildman–Crippen LogP) is 1.89. The van der Waals surface area contributed by atoms with Gasteiger partial charge in [0, 0.05) is 37.9 Å². The van der Waals surface area contributed by atoms with Gasteiger partial charge in [0.2, 0.25) is 5.91 Å². The molecule has 7 heteroatoms. The fourth-order valence-corrected chi connectivity index (χ4v) is 3.19. The molecule has 1 amide bonds. The minimum Gasteiger partial charge on any atom is -0.352 e. The van der Waals surface area contributed by atoms with E-state index in [0.29, 0.717) is 17.9 Å². The molecule has 138 valence electrons. The molecule has 1 aliphatic heterocycles. The van der Waals surface area contributed by atoms with Crippen LogP contribution in [0.2, 0.25) is 0 Å². The van der Waals surface area contributed by atoms with Crippen LogP contribution in [0.5, 0.6) is 0 Å². The van der Waals surface area contributed by atoms with Crippen LogP contribution in [0, 0.1) is 5.92 Å². The van der Waals surface area contributed by atoms with Crippen LogP contribution in [-0.2, 0) is 4.79 Å². The zero-order valence-corrected chi connectivity index (χ0v) is 17.2. The normalized spacial score (nSPS) is 23.7. The summed E-state index contributed by atoms with van der Waals surface area (Å²) in [5.74, 6) is 1.19. The Morgan fingerprint density at radius 3 is 2.60 bits per heavy atom. The fraction of sp³-hybridized carbons (Fsp3) is 0.556. The molecule has 2 unspecified atom stereocenters. The highest BCUT2D eigenvalue weighted by molar-refractivity contribution is 14.0. The molecule has 2 fully saturated rings. The first-order chi connectivity index (χ1) is 11.7. The van der Waals surface area contributed by atoms with Crippen LogP contribution in [0.3, 0.4) is 0 Å². The van der Waals surface area contributed by atoms with E-state index in [1.807, 2.05) is 30.3 Å². The van der Waals surface area contributed by atoms with Gasteiger partial charge in [-0.1, -0.05) is 25.1 Å². The summed E-state index contributed by atoms with van der Waals surface area (Å²) in [7, 11) is 1.74. The molecule has 3 rings (SSSR count).